The predicted molar refractivity (Wildman–Crippen MR) is 142 cm³/mol. The minimum atomic E-state index is -1.27. The molecule has 0 bridgehead atoms. The second kappa shape index (κ2) is 7.90. The molecule has 0 aliphatic carbocycles. The van der Waals surface area contributed by atoms with Crippen molar-refractivity contribution in [1.29, 1.82) is 0 Å². The fourth-order valence-corrected chi connectivity index (χ4v) is 6.62. The van der Waals surface area contributed by atoms with E-state index < -0.39 is 23.4 Å². The van der Waals surface area contributed by atoms with Gasteiger partial charge in [-0.05, 0) is 74.4 Å². The number of benzene rings is 3. The van der Waals surface area contributed by atoms with Gasteiger partial charge in [0, 0.05) is 27.5 Å². The van der Waals surface area contributed by atoms with Gasteiger partial charge in [-0.3, -0.25) is 14.4 Å². The molecular weight excluding hydrogens is 472 g/mol. The first kappa shape index (κ1) is 22.7. The number of hydrogen-bond donors (Lipinski definition) is 1. The number of Topliss-reactive ketones (excluding diaryl/α,β-unsaturated/α-hetero) is 2. The van der Waals surface area contributed by atoms with Gasteiger partial charge in [-0.2, -0.15) is 0 Å². The number of amides is 1. The minimum Gasteiger partial charge on any atom is -0.352 e. The van der Waals surface area contributed by atoms with E-state index in [9.17, 15) is 14.4 Å². The fourth-order valence-electron chi connectivity index (χ4n) is 6.49. The van der Waals surface area contributed by atoms with E-state index in [0.717, 1.165) is 28.0 Å². The highest BCUT2D eigenvalue weighted by Crippen LogP contribution is 2.58. The van der Waals surface area contributed by atoms with Gasteiger partial charge < -0.3 is 10.2 Å². The third kappa shape index (κ3) is 2.93. The number of carbonyl (C=O) groups is 3. The molecule has 1 saturated heterocycles. The molecule has 1 fully saturated rings. The molecule has 0 unspecified atom stereocenters. The quantitative estimate of drug-likeness (QED) is 0.479. The lowest BCUT2D eigenvalue weighted by molar-refractivity contribution is -0.122. The summed E-state index contributed by atoms with van der Waals surface area (Å²) in [5.74, 6) is -1.58. The van der Waals surface area contributed by atoms with Gasteiger partial charge in [0.25, 0.3) is 0 Å². The van der Waals surface area contributed by atoms with Crippen LogP contribution in [0, 0.1) is 12.8 Å². The van der Waals surface area contributed by atoms with E-state index in [1.54, 1.807) is 24.3 Å². The molecule has 36 heavy (non-hydrogen) atoms. The molecule has 1 spiro atoms. The first-order valence-electron chi connectivity index (χ1n) is 12.0. The summed E-state index contributed by atoms with van der Waals surface area (Å²) in [5.41, 5.74) is 4.60. The van der Waals surface area contributed by atoms with Gasteiger partial charge in [-0.1, -0.05) is 47.5 Å². The highest BCUT2D eigenvalue weighted by atomic mass is 35.5. The van der Waals surface area contributed by atoms with Crippen LogP contribution >= 0.6 is 11.6 Å². The van der Waals surface area contributed by atoms with Crippen LogP contribution in [-0.2, 0) is 15.0 Å². The van der Waals surface area contributed by atoms with Crippen LogP contribution in [0.15, 0.2) is 72.8 Å². The molecular formula is C30H25ClN2O3. The molecule has 6 rings (SSSR count). The van der Waals surface area contributed by atoms with E-state index in [1.165, 1.54) is 6.92 Å². The molecule has 4 atom stereocenters. The smallest absolute Gasteiger partial charge is 0.238 e. The number of ketones is 2. The van der Waals surface area contributed by atoms with Crippen molar-refractivity contribution in [1.82, 2.24) is 0 Å². The van der Waals surface area contributed by atoms with Crippen molar-refractivity contribution >= 4 is 46.0 Å². The average molecular weight is 497 g/mol. The zero-order chi connectivity index (χ0) is 25.4. The second-order valence-electron chi connectivity index (χ2n) is 10.00. The predicted octanol–water partition coefficient (Wildman–Crippen LogP) is 5.60. The van der Waals surface area contributed by atoms with Crippen molar-refractivity contribution in [2.45, 2.75) is 38.3 Å². The first-order chi connectivity index (χ1) is 17.2. The number of hydrogen-bond acceptors (Lipinski definition) is 4. The topological polar surface area (TPSA) is 66.5 Å². The van der Waals surface area contributed by atoms with Gasteiger partial charge in [0.1, 0.15) is 5.41 Å². The molecule has 1 N–H and O–H groups in total. The Morgan fingerprint density at radius 1 is 1.00 bits per heavy atom. The number of nitrogens with zero attached hydrogens (tertiary/aromatic N) is 1. The number of rotatable bonds is 3. The number of fused-ring (bicyclic) bond motifs is 6. The Morgan fingerprint density at radius 2 is 1.72 bits per heavy atom. The summed E-state index contributed by atoms with van der Waals surface area (Å²) in [6.45, 7) is 5.57. The van der Waals surface area contributed by atoms with Crippen LogP contribution < -0.4 is 10.2 Å². The van der Waals surface area contributed by atoms with Crippen LogP contribution in [0.2, 0.25) is 5.02 Å². The molecule has 0 aromatic heterocycles. The third-order valence-electron chi connectivity index (χ3n) is 7.96. The van der Waals surface area contributed by atoms with Crippen LogP contribution in [0.1, 0.15) is 40.9 Å². The lowest BCUT2D eigenvalue weighted by Crippen LogP contribution is -2.51. The largest absolute Gasteiger partial charge is 0.352 e. The van der Waals surface area contributed by atoms with E-state index in [0.29, 0.717) is 16.3 Å². The maximum Gasteiger partial charge on any atom is 0.238 e. The average Bonchev–Trinajstić information content (AvgIpc) is 3.32. The Hall–Kier alpha value is -3.70. The number of allylic oxidation sites excluding steroid dienone is 1. The monoisotopic (exact) mass is 496 g/mol. The van der Waals surface area contributed by atoms with E-state index in [2.05, 4.69) is 17.5 Å². The number of halogens is 1. The van der Waals surface area contributed by atoms with Crippen LogP contribution in [-0.4, -0.2) is 29.6 Å². The molecule has 0 saturated carbocycles. The lowest BCUT2D eigenvalue weighted by atomic mass is 9.64. The van der Waals surface area contributed by atoms with Gasteiger partial charge in [0.05, 0.1) is 18.0 Å². The number of para-hydroxylation sites is 1. The molecule has 3 aliphatic rings. The van der Waals surface area contributed by atoms with Crippen LogP contribution in [0.5, 0.6) is 0 Å². The summed E-state index contributed by atoms with van der Waals surface area (Å²) in [6, 6.07) is 19.0. The molecule has 1 amide bonds. The Bertz CT molecular complexity index is 1490. The zero-order valence-corrected chi connectivity index (χ0v) is 21.0. The molecule has 5 nitrogen and oxygen atoms in total. The van der Waals surface area contributed by atoms with Gasteiger partial charge in [-0.15, -0.1) is 0 Å². The van der Waals surface area contributed by atoms with Gasteiger partial charge >= 0.3 is 0 Å². The zero-order valence-electron chi connectivity index (χ0n) is 20.2. The number of anilines is 2. The van der Waals surface area contributed by atoms with E-state index in [4.69, 9.17) is 11.6 Å². The minimum absolute atomic E-state index is 0.152. The maximum absolute atomic E-state index is 14.4. The van der Waals surface area contributed by atoms with Crippen molar-refractivity contribution in [3.05, 3.63) is 100 Å². The normalized spacial score (nSPS) is 25.7. The number of nitrogens with one attached hydrogen (secondary N) is 1. The van der Waals surface area contributed by atoms with Crippen molar-refractivity contribution in [2.75, 3.05) is 10.2 Å². The Labute approximate surface area is 214 Å². The van der Waals surface area contributed by atoms with Crippen LogP contribution in [0.4, 0.5) is 11.4 Å². The molecule has 0 radical (unpaired) electrons. The standard InChI is InChI=1S/C30H25ClN2O3/c1-16-8-13-24-21(14-16)17(2)15-25-30(22-6-4-5-7-23(22)32-29(30)36)26(27(18(3)34)33(24)25)28(35)19-9-11-20(31)12-10-19/h4-15,25-27H,1-3H3,(H,32,36)/t25-,26+,27+,30+/m0/s1. The van der Waals surface area contributed by atoms with Gasteiger partial charge in [0.2, 0.25) is 5.91 Å². The van der Waals surface area contributed by atoms with E-state index in [1.807, 2.05) is 55.1 Å². The summed E-state index contributed by atoms with van der Waals surface area (Å²) in [4.78, 5) is 43.9. The Kier molecular flexibility index (Phi) is 4.99. The Balaban J connectivity index is 1.68. The molecule has 3 heterocycles. The van der Waals surface area contributed by atoms with Crippen molar-refractivity contribution in [2.24, 2.45) is 5.92 Å². The summed E-state index contributed by atoms with van der Waals surface area (Å²) < 4.78 is 0. The molecule has 180 valence electrons. The van der Waals surface area contributed by atoms with E-state index in [-0.39, 0.29) is 17.5 Å². The molecule has 3 aromatic rings. The summed E-state index contributed by atoms with van der Waals surface area (Å²) >= 11 is 6.10. The molecule has 6 heteroatoms. The molecule has 3 aromatic carbocycles. The first-order valence-corrected chi connectivity index (χ1v) is 12.4. The van der Waals surface area contributed by atoms with E-state index >= 15 is 0 Å². The van der Waals surface area contributed by atoms with Crippen LogP contribution in [0.3, 0.4) is 0 Å². The number of carbonyl (C=O) groups excluding carboxylic acids is 3. The fraction of sp³-hybridized carbons (Fsp3) is 0.233. The summed E-state index contributed by atoms with van der Waals surface area (Å²) in [5, 5.41) is 3.55. The highest BCUT2D eigenvalue weighted by molar-refractivity contribution is 6.30. The van der Waals surface area contributed by atoms with Crippen molar-refractivity contribution in [3.8, 4) is 0 Å². The third-order valence-corrected chi connectivity index (χ3v) is 8.21. The van der Waals surface area contributed by atoms with Gasteiger partial charge in [0.15, 0.2) is 11.6 Å². The van der Waals surface area contributed by atoms with Crippen molar-refractivity contribution in [3.63, 3.8) is 0 Å². The Morgan fingerprint density at radius 3 is 2.44 bits per heavy atom. The summed E-state index contributed by atoms with van der Waals surface area (Å²) in [6.07, 6.45) is 2.06. The van der Waals surface area contributed by atoms with Gasteiger partial charge in [-0.25, -0.2) is 0 Å². The highest BCUT2D eigenvalue weighted by Gasteiger charge is 2.70. The second-order valence-corrected chi connectivity index (χ2v) is 10.4. The maximum atomic E-state index is 14.4. The summed E-state index contributed by atoms with van der Waals surface area (Å²) in [7, 11) is 0. The number of aryl methyl sites for hydroxylation is 1. The lowest BCUT2D eigenvalue weighted by Gasteiger charge is -2.39. The van der Waals surface area contributed by atoms with Crippen LogP contribution in [0.25, 0.3) is 5.57 Å². The van der Waals surface area contributed by atoms with Crippen molar-refractivity contribution < 1.29 is 14.4 Å². The SMILES string of the molecule is CC(=O)[C@@H]1[C@H](C(=O)c2ccc(Cl)cc2)[C@]2(C(=O)Nc3ccccc32)[C@@H]2C=C(C)c3cc(C)ccc3N12. The molecule has 3 aliphatic heterocycles.